The highest BCUT2D eigenvalue weighted by Crippen LogP contribution is 2.33. The van der Waals surface area contributed by atoms with Gasteiger partial charge in [-0.15, -0.1) is 0 Å². The van der Waals surface area contributed by atoms with Crippen molar-refractivity contribution in [1.29, 1.82) is 0 Å². The van der Waals surface area contributed by atoms with Gasteiger partial charge in [0.05, 0.1) is 13.3 Å². The minimum Gasteiger partial charge on any atom is -0.496 e. The first-order valence-corrected chi connectivity index (χ1v) is 5.95. The molecule has 0 saturated carbocycles. The molecule has 4 heteroatoms. The van der Waals surface area contributed by atoms with Crippen LogP contribution in [0.5, 0.6) is 5.75 Å². The summed E-state index contributed by atoms with van der Waals surface area (Å²) in [5.41, 5.74) is 2.23. The molecule has 1 aromatic heterocycles. The predicted molar refractivity (Wildman–Crippen MR) is 73.6 cm³/mol. The molecule has 2 N–H and O–H groups in total. The van der Waals surface area contributed by atoms with Crippen LogP contribution in [0.15, 0.2) is 30.5 Å². The number of aromatic nitrogens is 2. The monoisotopic (exact) mass is 245 g/mol. The molecule has 0 aliphatic rings. The minimum absolute atomic E-state index is 0.0387. The highest BCUT2D eigenvalue weighted by molar-refractivity contribution is 5.60. The van der Waals surface area contributed by atoms with Crippen molar-refractivity contribution >= 4 is 11.5 Å². The Balaban J connectivity index is 2.34. The van der Waals surface area contributed by atoms with E-state index in [0.717, 1.165) is 17.3 Å². The van der Waals surface area contributed by atoms with Crippen LogP contribution >= 0.6 is 0 Å². The molecule has 2 aromatic rings. The van der Waals surface area contributed by atoms with E-state index < -0.39 is 0 Å². The lowest BCUT2D eigenvalue weighted by atomic mass is 9.86. The van der Waals surface area contributed by atoms with Gasteiger partial charge in [-0.05, 0) is 23.6 Å². The SMILES string of the molecule is COc1ccc(Nc2ccn[nH]2)cc1C(C)(C)C. The smallest absolute Gasteiger partial charge is 0.125 e. The molecule has 2 rings (SSSR count). The van der Waals surface area contributed by atoms with Crippen LogP contribution in [0.4, 0.5) is 11.5 Å². The molecule has 0 bridgehead atoms. The number of nitrogens with one attached hydrogen (secondary N) is 2. The van der Waals surface area contributed by atoms with Gasteiger partial charge in [-0.3, -0.25) is 5.10 Å². The molecule has 0 aliphatic heterocycles. The topological polar surface area (TPSA) is 49.9 Å². The van der Waals surface area contributed by atoms with Gasteiger partial charge in [0.25, 0.3) is 0 Å². The first kappa shape index (κ1) is 12.5. The third kappa shape index (κ3) is 2.64. The zero-order valence-corrected chi connectivity index (χ0v) is 11.2. The maximum absolute atomic E-state index is 5.41. The molecular weight excluding hydrogens is 226 g/mol. The fourth-order valence-electron chi connectivity index (χ4n) is 1.85. The van der Waals surface area contributed by atoms with Crippen LogP contribution in [-0.4, -0.2) is 17.3 Å². The van der Waals surface area contributed by atoms with Gasteiger partial charge < -0.3 is 10.1 Å². The van der Waals surface area contributed by atoms with E-state index in [9.17, 15) is 0 Å². The molecule has 4 nitrogen and oxygen atoms in total. The summed E-state index contributed by atoms with van der Waals surface area (Å²) in [4.78, 5) is 0. The Kier molecular flexibility index (Phi) is 3.28. The van der Waals surface area contributed by atoms with E-state index >= 15 is 0 Å². The van der Waals surface area contributed by atoms with Gasteiger partial charge in [-0.2, -0.15) is 5.10 Å². The Labute approximate surface area is 107 Å². The van der Waals surface area contributed by atoms with E-state index in [2.05, 4.69) is 42.4 Å². The lowest BCUT2D eigenvalue weighted by Crippen LogP contribution is -2.13. The number of methoxy groups -OCH3 is 1. The van der Waals surface area contributed by atoms with Crippen molar-refractivity contribution in [2.75, 3.05) is 12.4 Å². The molecule has 0 aliphatic carbocycles. The number of anilines is 2. The highest BCUT2D eigenvalue weighted by Gasteiger charge is 2.19. The van der Waals surface area contributed by atoms with Crippen LogP contribution in [0.25, 0.3) is 0 Å². The van der Waals surface area contributed by atoms with Crippen LogP contribution in [0.3, 0.4) is 0 Å². The molecule has 0 radical (unpaired) electrons. The molecule has 1 aromatic carbocycles. The summed E-state index contributed by atoms with van der Waals surface area (Å²) in [6.45, 7) is 6.51. The lowest BCUT2D eigenvalue weighted by molar-refractivity contribution is 0.397. The van der Waals surface area contributed by atoms with Crippen molar-refractivity contribution in [1.82, 2.24) is 10.2 Å². The van der Waals surface area contributed by atoms with Crippen LogP contribution < -0.4 is 10.1 Å². The average Bonchev–Trinajstić information content (AvgIpc) is 2.80. The molecule has 1 heterocycles. The number of aromatic amines is 1. The Morgan fingerprint density at radius 1 is 1.22 bits per heavy atom. The molecule has 0 amide bonds. The Morgan fingerprint density at radius 3 is 2.56 bits per heavy atom. The fraction of sp³-hybridized carbons (Fsp3) is 0.357. The van der Waals surface area contributed by atoms with Crippen molar-refractivity contribution in [3.63, 3.8) is 0 Å². The summed E-state index contributed by atoms with van der Waals surface area (Å²) in [5, 5.41) is 10.1. The van der Waals surface area contributed by atoms with Gasteiger partial charge in [0.1, 0.15) is 11.6 Å². The molecule has 0 saturated heterocycles. The second-order valence-corrected chi connectivity index (χ2v) is 5.26. The van der Waals surface area contributed by atoms with Gasteiger partial charge in [-0.1, -0.05) is 20.8 Å². The first-order chi connectivity index (χ1) is 8.50. The molecule has 0 spiro atoms. The highest BCUT2D eigenvalue weighted by atomic mass is 16.5. The Hall–Kier alpha value is -1.97. The second-order valence-electron chi connectivity index (χ2n) is 5.26. The van der Waals surface area contributed by atoms with Crippen LogP contribution in [0.1, 0.15) is 26.3 Å². The number of rotatable bonds is 3. The van der Waals surface area contributed by atoms with Gasteiger partial charge in [-0.25, -0.2) is 0 Å². The number of ether oxygens (including phenoxy) is 1. The van der Waals surface area contributed by atoms with E-state index in [4.69, 9.17) is 4.74 Å². The fourth-order valence-corrected chi connectivity index (χ4v) is 1.85. The summed E-state index contributed by atoms with van der Waals surface area (Å²) in [5.74, 6) is 1.79. The third-order valence-corrected chi connectivity index (χ3v) is 2.79. The van der Waals surface area contributed by atoms with Crippen LogP contribution in [0.2, 0.25) is 0 Å². The van der Waals surface area contributed by atoms with Gasteiger partial charge in [0, 0.05) is 17.3 Å². The Morgan fingerprint density at radius 2 is 2.00 bits per heavy atom. The summed E-state index contributed by atoms with van der Waals surface area (Å²) < 4.78 is 5.41. The average molecular weight is 245 g/mol. The standard InChI is InChI=1S/C14H19N3O/c1-14(2,3)11-9-10(5-6-12(11)18-4)16-13-7-8-15-17-13/h5-9H,1-4H3,(H2,15,16,17). The van der Waals surface area contributed by atoms with Crippen LogP contribution in [-0.2, 0) is 5.41 Å². The van der Waals surface area contributed by atoms with E-state index in [-0.39, 0.29) is 5.41 Å². The van der Waals surface area contributed by atoms with E-state index in [1.807, 2.05) is 18.2 Å². The molecular formula is C14H19N3O. The first-order valence-electron chi connectivity index (χ1n) is 5.95. The maximum atomic E-state index is 5.41. The Bertz CT molecular complexity index is 512. The molecule has 96 valence electrons. The van der Waals surface area contributed by atoms with Gasteiger partial charge in [0.2, 0.25) is 0 Å². The normalized spacial score (nSPS) is 11.3. The number of H-pyrrole nitrogens is 1. The van der Waals surface area contributed by atoms with Crippen molar-refractivity contribution in [3.8, 4) is 5.75 Å². The van der Waals surface area contributed by atoms with Crippen molar-refractivity contribution in [3.05, 3.63) is 36.0 Å². The number of hydrogen-bond donors (Lipinski definition) is 2. The summed E-state index contributed by atoms with van der Waals surface area (Å²) in [6.07, 6.45) is 1.72. The van der Waals surface area contributed by atoms with E-state index in [0.29, 0.717) is 0 Å². The van der Waals surface area contributed by atoms with Crippen molar-refractivity contribution in [2.24, 2.45) is 0 Å². The zero-order valence-electron chi connectivity index (χ0n) is 11.2. The van der Waals surface area contributed by atoms with Crippen molar-refractivity contribution < 1.29 is 4.74 Å². The summed E-state index contributed by atoms with van der Waals surface area (Å²) >= 11 is 0. The maximum Gasteiger partial charge on any atom is 0.125 e. The summed E-state index contributed by atoms with van der Waals surface area (Å²) in [6, 6.07) is 7.98. The van der Waals surface area contributed by atoms with E-state index in [1.165, 1.54) is 5.56 Å². The van der Waals surface area contributed by atoms with Crippen LogP contribution in [0, 0.1) is 0 Å². The predicted octanol–water partition coefficient (Wildman–Crippen LogP) is 3.46. The van der Waals surface area contributed by atoms with E-state index in [1.54, 1.807) is 13.3 Å². The number of hydrogen-bond acceptors (Lipinski definition) is 3. The number of benzene rings is 1. The van der Waals surface area contributed by atoms with Crippen molar-refractivity contribution in [2.45, 2.75) is 26.2 Å². The second kappa shape index (κ2) is 4.72. The molecule has 0 unspecified atom stereocenters. The quantitative estimate of drug-likeness (QED) is 0.870. The third-order valence-electron chi connectivity index (χ3n) is 2.79. The largest absolute Gasteiger partial charge is 0.496 e. The molecule has 0 fully saturated rings. The molecule has 0 atom stereocenters. The minimum atomic E-state index is 0.0387. The lowest BCUT2D eigenvalue weighted by Gasteiger charge is -2.23. The molecule has 18 heavy (non-hydrogen) atoms. The zero-order chi connectivity index (χ0) is 13.2. The summed E-state index contributed by atoms with van der Waals surface area (Å²) in [7, 11) is 1.70. The van der Waals surface area contributed by atoms with Gasteiger partial charge >= 0.3 is 0 Å². The van der Waals surface area contributed by atoms with Gasteiger partial charge in [0.15, 0.2) is 0 Å². The number of nitrogens with zero attached hydrogens (tertiary/aromatic N) is 1.